The maximum absolute atomic E-state index is 5.46. The molecule has 4 nitrogen and oxygen atoms in total. The summed E-state index contributed by atoms with van der Waals surface area (Å²) in [6, 6.07) is 3.95. The summed E-state index contributed by atoms with van der Waals surface area (Å²) in [5.74, 6) is 1.71. The van der Waals surface area contributed by atoms with E-state index in [1.807, 2.05) is 19.1 Å². The Labute approximate surface area is 103 Å². The lowest BCUT2D eigenvalue weighted by Gasteiger charge is -2.14. The largest absolute Gasteiger partial charge is 0.496 e. The number of nitrogens with one attached hydrogen (secondary N) is 1. The van der Waals surface area contributed by atoms with Gasteiger partial charge in [-0.3, -0.25) is 0 Å². The van der Waals surface area contributed by atoms with Gasteiger partial charge in [0.25, 0.3) is 0 Å². The molecule has 0 saturated heterocycles. The van der Waals surface area contributed by atoms with E-state index in [2.05, 4.69) is 5.32 Å². The van der Waals surface area contributed by atoms with Gasteiger partial charge in [0.1, 0.15) is 11.5 Å². The first-order chi connectivity index (χ1) is 8.22. The normalized spacial score (nSPS) is 10.1. The summed E-state index contributed by atoms with van der Waals surface area (Å²) < 4.78 is 10.6. The lowest BCUT2D eigenvalue weighted by atomic mass is 10.1. The highest BCUT2D eigenvalue weighted by atomic mass is 16.5. The van der Waals surface area contributed by atoms with E-state index >= 15 is 0 Å². The fraction of sp³-hybridized carbons (Fsp3) is 0.538. The molecule has 1 rings (SSSR count). The van der Waals surface area contributed by atoms with Gasteiger partial charge in [-0.15, -0.1) is 0 Å². The molecule has 0 fully saturated rings. The van der Waals surface area contributed by atoms with E-state index in [0.717, 1.165) is 48.7 Å². The molecule has 1 aromatic carbocycles. The van der Waals surface area contributed by atoms with Crippen LogP contribution in [0.2, 0.25) is 0 Å². The first-order valence-corrected chi connectivity index (χ1v) is 5.89. The second kappa shape index (κ2) is 7.01. The van der Waals surface area contributed by atoms with Crippen LogP contribution >= 0.6 is 0 Å². The molecule has 0 amide bonds. The van der Waals surface area contributed by atoms with Crippen molar-refractivity contribution in [1.82, 2.24) is 0 Å². The van der Waals surface area contributed by atoms with Gasteiger partial charge in [-0.1, -0.05) is 0 Å². The standard InChI is InChI=1S/C13H22N2O2/c1-10-8-13(17-3)11(9-12(10)16-2)15-7-5-4-6-14/h8-9,15H,4-7,14H2,1-3H3. The number of anilines is 1. The number of methoxy groups -OCH3 is 2. The van der Waals surface area contributed by atoms with Crippen molar-refractivity contribution < 1.29 is 9.47 Å². The molecule has 96 valence electrons. The zero-order valence-corrected chi connectivity index (χ0v) is 10.9. The molecule has 0 heterocycles. The van der Waals surface area contributed by atoms with Gasteiger partial charge in [-0.25, -0.2) is 0 Å². The van der Waals surface area contributed by atoms with Gasteiger partial charge in [-0.05, 0) is 37.9 Å². The van der Waals surface area contributed by atoms with E-state index in [1.54, 1.807) is 14.2 Å². The molecular weight excluding hydrogens is 216 g/mol. The third-order valence-corrected chi connectivity index (χ3v) is 2.66. The van der Waals surface area contributed by atoms with Crippen LogP contribution < -0.4 is 20.5 Å². The number of benzene rings is 1. The van der Waals surface area contributed by atoms with Gasteiger partial charge in [0.15, 0.2) is 0 Å². The van der Waals surface area contributed by atoms with Crippen LogP contribution in [0.4, 0.5) is 5.69 Å². The number of unbranched alkanes of at least 4 members (excludes halogenated alkanes) is 1. The van der Waals surface area contributed by atoms with Crippen LogP contribution in [-0.4, -0.2) is 27.3 Å². The molecule has 1 aromatic rings. The summed E-state index contributed by atoms with van der Waals surface area (Å²) in [4.78, 5) is 0. The van der Waals surface area contributed by atoms with Crippen molar-refractivity contribution >= 4 is 5.69 Å². The summed E-state index contributed by atoms with van der Waals surface area (Å²) in [5.41, 5.74) is 7.49. The van der Waals surface area contributed by atoms with Crippen LogP contribution in [0.5, 0.6) is 11.5 Å². The summed E-state index contributed by atoms with van der Waals surface area (Å²) in [5, 5.41) is 3.34. The highest BCUT2D eigenvalue weighted by molar-refractivity contribution is 5.62. The zero-order valence-electron chi connectivity index (χ0n) is 10.9. The van der Waals surface area contributed by atoms with Crippen LogP contribution in [0.15, 0.2) is 12.1 Å². The average Bonchev–Trinajstić information content (AvgIpc) is 2.35. The Morgan fingerprint density at radius 1 is 1.12 bits per heavy atom. The Hall–Kier alpha value is -1.42. The van der Waals surface area contributed by atoms with E-state index in [4.69, 9.17) is 15.2 Å². The number of hydrogen-bond acceptors (Lipinski definition) is 4. The Morgan fingerprint density at radius 3 is 2.41 bits per heavy atom. The molecule has 17 heavy (non-hydrogen) atoms. The molecule has 0 aliphatic carbocycles. The van der Waals surface area contributed by atoms with Crippen molar-refractivity contribution in [2.45, 2.75) is 19.8 Å². The van der Waals surface area contributed by atoms with Crippen molar-refractivity contribution in [3.05, 3.63) is 17.7 Å². The molecule has 0 saturated carbocycles. The highest BCUT2D eigenvalue weighted by Crippen LogP contribution is 2.32. The second-order valence-electron chi connectivity index (χ2n) is 3.94. The Morgan fingerprint density at radius 2 is 1.82 bits per heavy atom. The van der Waals surface area contributed by atoms with E-state index in [-0.39, 0.29) is 0 Å². The SMILES string of the molecule is COc1cc(NCCCCN)c(OC)cc1C. The first kappa shape index (κ1) is 13.6. The van der Waals surface area contributed by atoms with Crippen LogP contribution in [0.3, 0.4) is 0 Å². The Kier molecular flexibility index (Phi) is 5.63. The van der Waals surface area contributed by atoms with Crippen molar-refractivity contribution in [2.75, 3.05) is 32.6 Å². The monoisotopic (exact) mass is 238 g/mol. The molecular formula is C13H22N2O2. The van der Waals surface area contributed by atoms with Gasteiger partial charge in [-0.2, -0.15) is 0 Å². The van der Waals surface area contributed by atoms with Gasteiger partial charge in [0.05, 0.1) is 19.9 Å². The number of rotatable bonds is 7. The average molecular weight is 238 g/mol. The number of hydrogen-bond donors (Lipinski definition) is 2. The lowest BCUT2D eigenvalue weighted by Crippen LogP contribution is -2.07. The summed E-state index contributed by atoms with van der Waals surface area (Å²) >= 11 is 0. The maximum Gasteiger partial charge on any atom is 0.142 e. The van der Waals surface area contributed by atoms with Crippen molar-refractivity contribution in [3.63, 3.8) is 0 Å². The predicted molar refractivity (Wildman–Crippen MR) is 71.1 cm³/mol. The third kappa shape index (κ3) is 3.82. The number of nitrogens with two attached hydrogens (primary N) is 1. The second-order valence-corrected chi connectivity index (χ2v) is 3.94. The van der Waals surface area contributed by atoms with Crippen molar-refractivity contribution in [3.8, 4) is 11.5 Å². The van der Waals surface area contributed by atoms with E-state index < -0.39 is 0 Å². The topological polar surface area (TPSA) is 56.5 Å². The van der Waals surface area contributed by atoms with Crippen molar-refractivity contribution in [2.24, 2.45) is 5.73 Å². The van der Waals surface area contributed by atoms with E-state index in [1.165, 1.54) is 0 Å². The molecule has 0 aromatic heterocycles. The highest BCUT2D eigenvalue weighted by Gasteiger charge is 2.07. The van der Waals surface area contributed by atoms with Crippen LogP contribution in [-0.2, 0) is 0 Å². The Bertz CT molecular complexity index is 354. The predicted octanol–water partition coefficient (Wildman–Crippen LogP) is 2.16. The summed E-state index contributed by atoms with van der Waals surface area (Å²) in [7, 11) is 3.35. The van der Waals surface area contributed by atoms with Crippen LogP contribution in [0.25, 0.3) is 0 Å². The first-order valence-electron chi connectivity index (χ1n) is 5.89. The molecule has 4 heteroatoms. The molecule has 0 aliphatic rings. The van der Waals surface area contributed by atoms with E-state index in [9.17, 15) is 0 Å². The molecule has 0 spiro atoms. The molecule has 0 radical (unpaired) electrons. The van der Waals surface area contributed by atoms with Crippen LogP contribution in [0, 0.1) is 6.92 Å². The quantitative estimate of drug-likeness (QED) is 0.715. The minimum absolute atomic E-state index is 0.732. The molecule has 0 atom stereocenters. The zero-order chi connectivity index (χ0) is 12.7. The van der Waals surface area contributed by atoms with Gasteiger partial charge in [0.2, 0.25) is 0 Å². The summed E-state index contributed by atoms with van der Waals surface area (Å²) in [6.07, 6.45) is 2.08. The van der Waals surface area contributed by atoms with Gasteiger partial charge < -0.3 is 20.5 Å². The van der Waals surface area contributed by atoms with Crippen LogP contribution in [0.1, 0.15) is 18.4 Å². The van der Waals surface area contributed by atoms with E-state index in [0.29, 0.717) is 0 Å². The third-order valence-electron chi connectivity index (χ3n) is 2.66. The molecule has 3 N–H and O–H groups in total. The van der Waals surface area contributed by atoms with Gasteiger partial charge in [0, 0.05) is 12.6 Å². The number of aryl methyl sites for hydroxylation is 1. The fourth-order valence-corrected chi connectivity index (χ4v) is 1.68. The lowest BCUT2D eigenvalue weighted by molar-refractivity contribution is 0.402. The van der Waals surface area contributed by atoms with Crippen molar-refractivity contribution in [1.29, 1.82) is 0 Å². The minimum atomic E-state index is 0.732. The number of ether oxygens (including phenoxy) is 2. The molecule has 0 unspecified atom stereocenters. The maximum atomic E-state index is 5.46. The smallest absolute Gasteiger partial charge is 0.142 e. The molecule has 0 bridgehead atoms. The Balaban J connectivity index is 2.74. The minimum Gasteiger partial charge on any atom is -0.496 e. The van der Waals surface area contributed by atoms with Gasteiger partial charge >= 0.3 is 0 Å². The summed E-state index contributed by atoms with van der Waals surface area (Å²) in [6.45, 7) is 3.62. The fourth-order valence-electron chi connectivity index (χ4n) is 1.68. The molecule has 0 aliphatic heterocycles.